The largest absolute Gasteiger partial charge is 0.477 e. The summed E-state index contributed by atoms with van der Waals surface area (Å²) in [5, 5.41) is 6.68. The lowest BCUT2D eigenvalue weighted by molar-refractivity contribution is 0.288. The third kappa shape index (κ3) is 7.19. The number of rotatable bonds is 8. The van der Waals surface area contributed by atoms with Gasteiger partial charge in [0.2, 0.25) is 5.88 Å². The van der Waals surface area contributed by atoms with E-state index in [-0.39, 0.29) is 24.0 Å². The number of nitrogens with zero attached hydrogens (tertiary/aromatic N) is 2. The highest BCUT2D eigenvalue weighted by Crippen LogP contribution is 2.29. The minimum atomic E-state index is 0. The number of guanidine groups is 1. The Morgan fingerprint density at radius 2 is 1.96 bits per heavy atom. The molecule has 1 saturated carbocycles. The van der Waals surface area contributed by atoms with Gasteiger partial charge in [0.25, 0.3) is 0 Å². The number of hydrogen-bond donors (Lipinski definition) is 2. The van der Waals surface area contributed by atoms with Gasteiger partial charge in [-0.05, 0) is 42.4 Å². The monoisotopic (exact) mass is 466 g/mol. The molecular formula is C20H27IN4O. The van der Waals surface area contributed by atoms with Crippen molar-refractivity contribution in [2.75, 3.05) is 20.2 Å². The third-order valence-electron chi connectivity index (χ3n) is 4.20. The fraction of sp³-hybridized carbons (Fsp3) is 0.400. The van der Waals surface area contributed by atoms with Gasteiger partial charge < -0.3 is 15.4 Å². The summed E-state index contributed by atoms with van der Waals surface area (Å²) >= 11 is 0. The van der Waals surface area contributed by atoms with Crippen molar-refractivity contribution in [3.05, 3.63) is 59.8 Å². The van der Waals surface area contributed by atoms with Gasteiger partial charge in [0.1, 0.15) is 0 Å². The lowest BCUT2D eigenvalue weighted by Crippen LogP contribution is -2.37. The first-order valence-corrected chi connectivity index (χ1v) is 8.89. The van der Waals surface area contributed by atoms with Gasteiger partial charge in [0.15, 0.2) is 5.96 Å². The van der Waals surface area contributed by atoms with Gasteiger partial charge in [-0.1, -0.05) is 30.3 Å². The molecule has 1 aliphatic rings. The van der Waals surface area contributed by atoms with Crippen molar-refractivity contribution >= 4 is 29.9 Å². The second kappa shape index (κ2) is 11.0. The summed E-state index contributed by atoms with van der Waals surface area (Å²) < 4.78 is 5.73. The van der Waals surface area contributed by atoms with E-state index in [0.29, 0.717) is 12.4 Å². The summed E-state index contributed by atoms with van der Waals surface area (Å²) in [5.41, 5.74) is 2.45. The van der Waals surface area contributed by atoms with Crippen molar-refractivity contribution in [2.24, 2.45) is 10.9 Å². The first kappa shape index (κ1) is 20.5. The van der Waals surface area contributed by atoms with Crippen LogP contribution >= 0.6 is 24.0 Å². The molecule has 2 N–H and O–H groups in total. The van der Waals surface area contributed by atoms with Crippen molar-refractivity contribution in [1.82, 2.24) is 15.6 Å². The molecule has 3 rings (SSSR count). The normalized spacial score (nSPS) is 13.7. The molecule has 1 aromatic heterocycles. The maximum Gasteiger partial charge on any atom is 0.213 e. The minimum Gasteiger partial charge on any atom is -0.477 e. The van der Waals surface area contributed by atoms with Gasteiger partial charge in [-0.3, -0.25) is 4.99 Å². The molecule has 1 heterocycles. The molecule has 6 heteroatoms. The summed E-state index contributed by atoms with van der Waals surface area (Å²) in [6.07, 6.45) is 5.33. The summed E-state index contributed by atoms with van der Waals surface area (Å²) in [5.74, 6) is 2.24. The van der Waals surface area contributed by atoms with Gasteiger partial charge in [-0.15, -0.1) is 24.0 Å². The van der Waals surface area contributed by atoms with E-state index < -0.39 is 0 Å². The van der Waals surface area contributed by atoms with Crippen LogP contribution in [0.3, 0.4) is 0 Å². The molecule has 1 fully saturated rings. The van der Waals surface area contributed by atoms with Crippen molar-refractivity contribution in [1.29, 1.82) is 0 Å². The van der Waals surface area contributed by atoms with Crippen LogP contribution in [-0.4, -0.2) is 31.1 Å². The summed E-state index contributed by atoms with van der Waals surface area (Å²) in [6.45, 7) is 2.32. The molecule has 0 bridgehead atoms. The Labute approximate surface area is 172 Å². The quantitative estimate of drug-likeness (QED) is 0.356. The Balaban J connectivity index is 0.00000243. The smallest absolute Gasteiger partial charge is 0.213 e. The van der Waals surface area contributed by atoms with Crippen LogP contribution in [0.2, 0.25) is 0 Å². The average Bonchev–Trinajstić information content (AvgIpc) is 3.48. The van der Waals surface area contributed by atoms with E-state index in [1.54, 1.807) is 13.2 Å². The number of ether oxygens (including phenoxy) is 1. The second-order valence-electron chi connectivity index (χ2n) is 6.34. The zero-order valence-corrected chi connectivity index (χ0v) is 17.5. The van der Waals surface area contributed by atoms with E-state index in [4.69, 9.17) is 4.74 Å². The number of hydrogen-bond acceptors (Lipinski definition) is 3. The maximum atomic E-state index is 5.73. The number of benzene rings is 1. The summed E-state index contributed by atoms with van der Waals surface area (Å²) in [4.78, 5) is 8.55. The van der Waals surface area contributed by atoms with Crippen LogP contribution in [0.4, 0.5) is 0 Å². The van der Waals surface area contributed by atoms with Crippen LogP contribution in [-0.2, 0) is 13.0 Å². The predicted octanol–water partition coefficient (Wildman–Crippen LogP) is 3.40. The van der Waals surface area contributed by atoms with Crippen LogP contribution < -0.4 is 15.4 Å². The molecule has 0 saturated heterocycles. The van der Waals surface area contributed by atoms with Crippen molar-refractivity contribution < 1.29 is 4.74 Å². The Hall–Kier alpha value is -1.83. The number of pyridine rings is 1. The highest BCUT2D eigenvalue weighted by Gasteiger charge is 2.22. The van der Waals surface area contributed by atoms with Gasteiger partial charge in [-0.25, -0.2) is 4.98 Å². The predicted molar refractivity (Wildman–Crippen MR) is 116 cm³/mol. The molecule has 0 amide bonds. The minimum absolute atomic E-state index is 0. The van der Waals surface area contributed by atoms with Crippen molar-refractivity contribution in [2.45, 2.75) is 25.8 Å². The first-order chi connectivity index (χ1) is 12.3. The topological polar surface area (TPSA) is 58.5 Å². The number of nitrogens with one attached hydrogen (secondary N) is 2. The summed E-state index contributed by atoms with van der Waals surface area (Å²) in [6, 6.07) is 14.4. The van der Waals surface area contributed by atoms with Gasteiger partial charge in [0.05, 0.1) is 6.61 Å². The zero-order chi connectivity index (χ0) is 17.3. The zero-order valence-electron chi connectivity index (χ0n) is 15.1. The molecule has 2 aromatic rings. The SMILES string of the molecule is CN=C(NCCc1ccccc1)NCc1ccnc(OCC2CC2)c1.I. The Bertz CT molecular complexity index is 689. The molecule has 1 aromatic carbocycles. The average molecular weight is 466 g/mol. The lowest BCUT2D eigenvalue weighted by atomic mass is 10.1. The molecule has 1 aliphatic carbocycles. The number of halogens is 1. The standard InChI is InChI=1S/C20H26N4O.HI/c1-21-20(23-12-9-16-5-3-2-4-6-16)24-14-18-10-11-22-19(13-18)25-15-17-7-8-17;/h2-6,10-11,13,17H,7-9,12,14-15H2,1H3,(H2,21,23,24);1H. The van der Waals surface area contributed by atoms with E-state index in [1.165, 1.54) is 18.4 Å². The first-order valence-electron chi connectivity index (χ1n) is 8.89. The fourth-order valence-corrected chi connectivity index (χ4v) is 2.50. The van der Waals surface area contributed by atoms with E-state index in [9.17, 15) is 0 Å². The van der Waals surface area contributed by atoms with Crippen LogP contribution in [0.1, 0.15) is 24.0 Å². The van der Waals surface area contributed by atoms with Crippen molar-refractivity contribution in [3.63, 3.8) is 0 Å². The van der Waals surface area contributed by atoms with E-state index in [1.807, 2.05) is 18.2 Å². The summed E-state index contributed by atoms with van der Waals surface area (Å²) in [7, 11) is 1.79. The molecule has 0 atom stereocenters. The van der Waals surface area contributed by atoms with Crippen molar-refractivity contribution in [3.8, 4) is 5.88 Å². The Morgan fingerprint density at radius 3 is 2.69 bits per heavy atom. The molecule has 0 unspecified atom stereocenters. The molecule has 0 radical (unpaired) electrons. The fourth-order valence-electron chi connectivity index (χ4n) is 2.50. The highest BCUT2D eigenvalue weighted by molar-refractivity contribution is 14.0. The van der Waals surface area contributed by atoms with E-state index >= 15 is 0 Å². The molecule has 140 valence electrons. The maximum absolute atomic E-state index is 5.73. The van der Waals surface area contributed by atoms with Gasteiger partial charge >= 0.3 is 0 Å². The van der Waals surface area contributed by atoms with Crippen LogP contribution in [0.25, 0.3) is 0 Å². The molecular weight excluding hydrogens is 439 g/mol. The Kier molecular flexibility index (Phi) is 8.67. The molecule has 26 heavy (non-hydrogen) atoms. The molecule has 0 spiro atoms. The Morgan fingerprint density at radius 1 is 1.15 bits per heavy atom. The highest BCUT2D eigenvalue weighted by atomic mass is 127. The molecule has 5 nitrogen and oxygen atoms in total. The third-order valence-corrected chi connectivity index (χ3v) is 4.20. The van der Waals surface area contributed by atoms with Crippen LogP contribution in [0.15, 0.2) is 53.7 Å². The van der Waals surface area contributed by atoms with Gasteiger partial charge in [-0.2, -0.15) is 0 Å². The lowest BCUT2D eigenvalue weighted by Gasteiger charge is -2.12. The number of aromatic nitrogens is 1. The van der Waals surface area contributed by atoms with E-state index in [0.717, 1.165) is 37.0 Å². The van der Waals surface area contributed by atoms with Crippen LogP contribution in [0, 0.1) is 5.92 Å². The van der Waals surface area contributed by atoms with Crippen LogP contribution in [0.5, 0.6) is 5.88 Å². The second-order valence-corrected chi connectivity index (χ2v) is 6.34. The van der Waals surface area contributed by atoms with Gasteiger partial charge in [0, 0.05) is 32.4 Å². The molecule has 0 aliphatic heterocycles. The van der Waals surface area contributed by atoms with E-state index in [2.05, 4.69) is 44.9 Å². The number of aliphatic imine (C=N–C) groups is 1.